The highest BCUT2D eigenvalue weighted by Gasteiger charge is 2.23. The normalized spacial score (nSPS) is 12.6. The molecule has 25 heavy (non-hydrogen) atoms. The van der Waals surface area contributed by atoms with Gasteiger partial charge in [0.1, 0.15) is 17.1 Å². The van der Waals surface area contributed by atoms with Crippen molar-refractivity contribution in [2.45, 2.75) is 52.9 Å². The lowest BCUT2D eigenvalue weighted by Crippen LogP contribution is -2.36. The average molecular weight is 353 g/mol. The van der Waals surface area contributed by atoms with Crippen molar-refractivity contribution in [3.63, 3.8) is 0 Å². The molecular weight excluding hydrogens is 322 g/mol. The standard InChI is InChI=1S/C19H31NO5/c1-13(2)10-11-24-17(20-18(21)25-19(3,4)5)15-9-8-14(22-6)12-16(15)23-7/h8-9,12-13,17H,10-11H2,1-7H3,(H,20,21). The van der Waals surface area contributed by atoms with Gasteiger partial charge in [-0.3, -0.25) is 5.32 Å². The molecule has 1 aromatic rings. The molecule has 0 bridgehead atoms. The highest BCUT2D eigenvalue weighted by Crippen LogP contribution is 2.30. The van der Waals surface area contributed by atoms with Gasteiger partial charge in [0.2, 0.25) is 0 Å². The van der Waals surface area contributed by atoms with Gasteiger partial charge in [-0.15, -0.1) is 0 Å². The van der Waals surface area contributed by atoms with Gasteiger partial charge in [0.05, 0.1) is 14.2 Å². The van der Waals surface area contributed by atoms with Crippen LogP contribution < -0.4 is 14.8 Å². The molecule has 1 aromatic carbocycles. The molecule has 0 spiro atoms. The maximum Gasteiger partial charge on any atom is 0.409 e. The summed E-state index contributed by atoms with van der Waals surface area (Å²) in [6.07, 6.45) is -0.334. The smallest absolute Gasteiger partial charge is 0.409 e. The molecule has 142 valence electrons. The van der Waals surface area contributed by atoms with Crippen molar-refractivity contribution < 1.29 is 23.7 Å². The van der Waals surface area contributed by atoms with E-state index in [1.54, 1.807) is 26.4 Å². The van der Waals surface area contributed by atoms with Crippen LogP contribution >= 0.6 is 0 Å². The van der Waals surface area contributed by atoms with Crippen LogP contribution in [0, 0.1) is 5.92 Å². The van der Waals surface area contributed by atoms with Gasteiger partial charge in [-0.1, -0.05) is 13.8 Å². The van der Waals surface area contributed by atoms with Crippen molar-refractivity contribution in [3.05, 3.63) is 23.8 Å². The molecule has 0 aliphatic heterocycles. The predicted octanol–water partition coefficient (Wildman–Crippen LogP) is 4.29. The fraction of sp³-hybridized carbons (Fsp3) is 0.632. The van der Waals surface area contributed by atoms with E-state index in [1.165, 1.54) is 0 Å². The van der Waals surface area contributed by atoms with E-state index in [2.05, 4.69) is 19.2 Å². The summed E-state index contributed by atoms with van der Waals surface area (Å²) >= 11 is 0. The molecule has 0 radical (unpaired) electrons. The third kappa shape index (κ3) is 7.65. The number of ether oxygens (including phenoxy) is 4. The second-order valence-electron chi connectivity index (χ2n) is 7.19. The van der Waals surface area contributed by atoms with Crippen LogP contribution in [0.1, 0.15) is 52.8 Å². The van der Waals surface area contributed by atoms with Gasteiger partial charge in [-0.2, -0.15) is 0 Å². The summed E-state index contributed by atoms with van der Waals surface area (Å²) in [5.74, 6) is 1.74. The summed E-state index contributed by atoms with van der Waals surface area (Å²) in [5, 5.41) is 2.77. The zero-order valence-electron chi connectivity index (χ0n) is 16.3. The van der Waals surface area contributed by atoms with Crippen LogP contribution in [0.5, 0.6) is 11.5 Å². The fourth-order valence-electron chi connectivity index (χ4n) is 2.08. The molecule has 1 atom stereocenters. The molecule has 0 aliphatic carbocycles. The van der Waals surface area contributed by atoms with Gasteiger partial charge in [-0.05, 0) is 45.2 Å². The first-order valence-corrected chi connectivity index (χ1v) is 8.49. The minimum Gasteiger partial charge on any atom is -0.497 e. The molecule has 0 aromatic heterocycles. The lowest BCUT2D eigenvalue weighted by Gasteiger charge is -2.25. The topological polar surface area (TPSA) is 66.0 Å². The molecule has 0 fully saturated rings. The molecule has 6 heteroatoms. The Labute approximate surface area is 150 Å². The van der Waals surface area contributed by atoms with Crippen LogP contribution in [0.3, 0.4) is 0 Å². The van der Waals surface area contributed by atoms with Gasteiger partial charge < -0.3 is 18.9 Å². The zero-order chi connectivity index (χ0) is 19.0. The van der Waals surface area contributed by atoms with Crippen LogP contribution in [0.15, 0.2) is 18.2 Å². The second-order valence-corrected chi connectivity index (χ2v) is 7.19. The Bertz CT molecular complexity index is 551. The number of alkyl carbamates (subject to hydrolysis) is 1. The quantitative estimate of drug-likeness (QED) is 0.706. The Balaban J connectivity index is 2.99. The Morgan fingerprint density at radius 2 is 1.84 bits per heavy atom. The lowest BCUT2D eigenvalue weighted by molar-refractivity contribution is 0.000911. The number of carbonyl (C=O) groups is 1. The first-order valence-electron chi connectivity index (χ1n) is 8.49. The van der Waals surface area contributed by atoms with E-state index in [1.807, 2.05) is 26.8 Å². The van der Waals surface area contributed by atoms with E-state index in [-0.39, 0.29) is 0 Å². The highest BCUT2D eigenvalue weighted by atomic mass is 16.6. The molecule has 0 saturated heterocycles. The minimum absolute atomic E-state index is 0.500. The van der Waals surface area contributed by atoms with Crippen molar-refractivity contribution >= 4 is 6.09 Å². The van der Waals surface area contributed by atoms with Crippen LogP contribution in [0.2, 0.25) is 0 Å². The van der Waals surface area contributed by atoms with E-state index < -0.39 is 17.9 Å². The Hall–Kier alpha value is -1.95. The molecule has 1 amide bonds. The maximum atomic E-state index is 12.2. The Morgan fingerprint density at radius 3 is 2.36 bits per heavy atom. The van der Waals surface area contributed by atoms with Gasteiger partial charge >= 0.3 is 6.09 Å². The second kappa shape index (κ2) is 9.51. The summed E-state index contributed by atoms with van der Waals surface area (Å²) in [4.78, 5) is 12.2. The lowest BCUT2D eigenvalue weighted by atomic mass is 10.1. The first kappa shape index (κ1) is 21.1. The predicted molar refractivity (Wildman–Crippen MR) is 97.1 cm³/mol. The molecule has 6 nitrogen and oxygen atoms in total. The summed E-state index contributed by atoms with van der Waals surface area (Å²) in [6, 6.07) is 5.37. The number of hydrogen-bond acceptors (Lipinski definition) is 5. The van der Waals surface area contributed by atoms with Gasteiger partial charge in [0, 0.05) is 18.2 Å². The molecule has 0 aliphatic rings. The maximum absolute atomic E-state index is 12.2. The van der Waals surface area contributed by atoms with E-state index in [0.29, 0.717) is 29.6 Å². The summed E-state index contributed by atoms with van der Waals surface area (Å²) in [5.41, 5.74) is 0.120. The summed E-state index contributed by atoms with van der Waals surface area (Å²) in [6.45, 7) is 10.2. The average Bonchev–Trinajstić information content (AvgIpc) is 2.51. The molecule has 1 N–H and O–H groups in total. The third-order valence-electron chi connectivity index (χ3n) is 3.35. The number of benzene rings is 1. The number of nitrogens with one attached hydrogen (secondary N) is 1. The fourth-order valence-corrected chi connectivity index (χ4v) is 2.08. The van der Waals surface area contributed by atoms with Crippen molar-refractivity contribution in [3.8, 4) is 11.5 Å². The Kier molecular flexibility index (Phi) is 8.03. The van der Waals surface area contributed by atoms with Crippen molar-refractivity contribution in [1.29, 1.82) is 0 Å². The van der Waals surface area contributed by atoms with E-state index in [9.17, 15) is 4.79 Å². The molecule has 1 unspecified atom stereocenters. The van der Waals surface area contributed by atoms with Crippen LogP contribution in [0.4, 0.5) is 4.79 Å². The van der Waals surface area contributed by atoms with Gasteiger partial charge in [0.25, 0.3) is 0 Å². The number of amides is 1. The molecule has 0 saturated carbocycles. The first-order chi connectivity index (χ1) is 11.7. The summed E-state index contributed by atoms with van der Waals surface area (Å²) in [7, 11) is 3.15. The molecule has 1 rings (SSSR count). The molecular formula is C19H31NO5. The van der Waals surface area contributed by atoms with Crippen molar-refractivity contribution in [2.24, 2.45) is 5.92 Å². The largest absolute Gasteiger partial charge is 0.497 e. The molecule has 0 heterocycles. The Morgan fingerprint density at radius 1 is 1.16 bits per heavy atom. The van der Waals surface area contributed by atoms with Crippen LogP contribution in [0.25, 0.3) is 0 Å². The monoisotopic (exact) mass is 353 g/mol. The minimum atomic E-state index is -0.672. The number of hydrogen-bond donors (Lipinski definition) is 1. The number of methoxy groups -OCH3 is 2. The van der Waals surface area contributed by atoms with E-state index >= 15 is 0 Å². The van der Waals surface area contributed by atoms with Crippen molar-refractivity contribution in [1.82, 2.24) is 5.32 Å². The van der Waals surface area contributed by atoms with E-state index in [4.69, 9.17) is 18.9 Å². The zero-order valence-corrected chi connectivity index (χ0v) is 16.3. The number of rotatable bonds is 8. The van der Waals surface area contributed by atoms with Gasteiger partial charge in [0.15, 0.2) is 6.23 Å². The third-order valence-corrected chi connectivity index (χ3v) is 3.35. The number of carbonyl (C=O) groups excluding carboxylic acids is 1. The van der Waals surface area contributed by atoms with Gasteiger partial charge in [-0.25, -0.2) is 4.79 Å². The van der Waals surface area contributed by atoms with Crippen molar-refractivity contribution in [2.75, 3.05) is 20.8 Å². The SMILES string of the molecule is COc1ccc(C(NC(=O)OC(C)(C)C)OCCC(C)C)c(OC)c1. The van der Waals surface area contributed by atoms with Crippen LogP contribution in [-0.2, 0) is 9.47 Å². The highest BCUT2D eigenvalue weighted by molar-refractivity contribution is 5.68. The van der Waals surface area contributed by atoms with Crippen LogP contribution in [-0.4, -0.2) is 32.5 Å². The summed E-state index contributed by atoms with van der Waals surface area (Å²) < 4.78 is 21.9. The van der Waals surface area contributed by atoms with E-state index in [0.717, 1.165) is 6.42 Å².